The van der Waals surface area contributed by atoms with Crippen LogP contribution in [0.25, 0.3) is 0 Å². The average molecular weight is 370 g/mol. The Hall–Kier alpha value is -3.25. The van der Waals surface area contributed by atoms with Gasteiger partial charge < -0.3 is 10.6 Å². The van der Waals surface area contributed by atoms with E-state index < -0.39 is 17.6 Å². The first-order chi connectivity index (χ1) is 12.5. The van der Waals surface area contributed by atoms with Crippen LogP contribution in [0.3, 0.4) is 0 Å². The van der Waals surface area contributed by atoms with Crippen molar-refractivity contribution in [3.8, 4) is 0 Å². The smallest absolute Gasteiger partial charge is 0.257 e. The van der Waals surface area contributed by atoms with E-state index in [9.17, 15) is 14.0 Å². The number of hydrogen-bond donors (Lipinski definition) is 2. The Morgan fingerprint density at radius 1 is 0.885 bits per heavy atom. The lowest BCUT2D eigenvalue weighted by Gasteiger charge is -2.08. The van der Waals surface area contributed by atoms with Crippen LogP contribution in [0.2, 0.25) is 5.02 Å². The topological polar surface area (TPSA) is 71.1 Å². The van der Waals surface area contributed by atoms with Crippen molar-refractivity contribution in [2.45, 2.75) is 0 Å². The van der Waals surface area contributed by atoms with Gasteiger partial charge >= 0.3 is 0 Å². The van der Waals surface area contributed by atoms with E-state index in [0.29, 0.717) is 16.4 Å². The number of benzene rings is 2. The Labute approximate surface area is 153 Å². The Balaban J connectivity index is 1.75. The van der Waals surface area contributed by atoms with Gasteiger partial charge in [-0.2, -0.15) is 0 Å². The molecule has 130 valence electrons. The van der Waals surface area contributed by atoms with Gasteiger partial charge in [0, 0.05) is 18.1 Å². The van der Waals surface area contributed by atoms with Gasteiger partial charge in [0.1, 0.15) is 5.82 Å². The van der Waals surface area contributed by atoms with Crippen molar-refractivity contribution in [1.29, 1.82) is 0 Å². The number of aromatic nitrogens is 1. The average Bonchev–Trinajstić information content (AvgIpc) is 2.65. The maximum atomic E-state index is 12.9. The number of hydrogen-bond acceptors (Lipinski definition) is 3. The molecule has 3 rings (SSSR count). The van der Waals surface area contributed by atoms with Gasteiger partial charge in [0.2, 0.25) is 0 Å². The monoisotopic (exact) mass is 369 g/mol. The summed E-state index contributed by atoms with van der Waals surface area (Å²) in [6.45, 7) is 0. The highest BCUT2D eigenvalue weighted by Crippen LogP contribution is 2.21. The number of anilines is 2. The van der Waals surface area contributed by atoms with Crippen LogP contribution in [0.15, 0.2) is 67.0 Å². The van der Waals surface area contributed by atoms with Gasteiger partial charge in [-0.3, -0.25) is 14.6 Å². The lowest BCUT2D eigenvalue weighted by molar-refractivity contribution is 0.102. The zero-order valence-electron chi connectivity index (χ0n) is 13.4. The van der Waals surface area contributed by atoms with Crippen molar-refractivity contribution >= 4 is 34.8 Å². The number of carbonyl (C=O) groups is 2. The maximum Gasteiger partial charge on any atom is 0.257 e. The van der Waals surface area contributed by atoms with Crippen molar-refractivity contribution in [2.75, 3.05) is 10.6 Å². The molecule has 2 N–H and O–H groups in total. The maximum absolute atomic E-state index is 12.9. The first-order valence-electron chi connectivity index (χ1n) is 7.61. The largest absolute Gasteiger partial charge is 0.322 e. The van der Waals surface area contributed by atoms with Crippen molar-refractivity contribution in [3.63, 3.8) is 0 Å². The number of halogens is 2. The van der Waals surface area contributed by atoms with Gasteiger partial charge in [-0.1, -0.05) is 23.7 Å². The minimum absolute atomic E-state index is 0.195. The SMILES string of the molecule is O=C(Nc1ccc(F)cc1)c1cncc(C(=O)Nc2ccccc2Cl)c1. The van der Waals surface area contributed by atoms with Crippen molar-refractivity contribution < 1.29 is 14.0 Å². The summed E-state index contributed by atoms with van der Waals surface area (Å²) in [4.78, 5) is 28.6. The summed E-state index contributed by atoms with van der Waals surface area (Å²) in [7, 11) is 0. The first-order valence-corrected chi connectivity index (χ1v) is 7.98. The molecule has 2 aromatic carbocycles. The van der Waals surface area contributed by atoms with E-state index in [0.717, 1.165) is 0 Å². The number of rotatable bonds is 4. The Morgan fingerprint density at radius 2 is 1.50 bits per heavy atom. The second-order valence-corrected chi connectivity index (χ2v) is 5.76. The zero-order valence-corrected chi connectivity index (χ0v) is 14.1. The number of carbonyl (C=O) groups excluding carboxylic acids is 2. The molecule has 0 saturated heterocycles. The summed E-state index contributed by atoms with van der Waals surface area (Å²) in [5.41, 5.74) is 1.29. The number of para-hydroxylation sites is 1. The van der Waals surface area contributed by atoms with Crippen molar-refractivity contribution in [1.82, 2.24) is 4.98 Å². The summed E-state index contributed by atoms with van der Waals surface area (Å²) in [5, 5.41) is 5.68. The van der Waals surface area contributed by atoms with Crippen LogP contribution in [0.4, 0.5) is 15.8 Å². The van der Waals surface area contributed by atoms with E-state index in [4.69, 9.17) is 11.6 Å². The normalized spacial score (nSPS) is 10.2. The highest BCUT2D eigenvalue weighted by molar-refractivity contribution is 6.33. The molecule has 0 aliphatic carbocycles. The minimum Gasteiger partial charge on any atom is -0.322 e. The molecule has 0 fully saturated rings. The number of nitrogens with zero attached hydrogens (tertiary/aromatic N) is 1. The molecule has 2 amide bonds. The van der Waals surface area contributed by atoms with E-state index in [1.165, 1.54) is 42.7 Å². The number of nitrogens with one attached hydrogen (secondary N) is 2. The molecule has 0 saturated carbocycles. The van der Waals surface area contributed by atoms with Gasteiger partial charge in [0.25, 0.3) is 11.8 Å². The van der Waals surface area contributed by atoms with Crippen LogP contribution >= 0.6 is 11.6 Å². The van der Waals surface area contributed by atoms with Crippen LogP contribution in [-0.4, -0.2) is 16.8 Å². The highest BCUT2D eigenvalue weighted by atomic mass is 35.5. The fraction of sp³-hybridized carbons (Fsp3) is 0. The predicted octanol–water partition coefficient (Wildman–Crippen LogP) is 4.38. The standard InChI is InChI=1S/C19H13ClFN3O2/c20-16-3-1-2-4-17(16)24-19(26)13-9-12(10-22-11-13)18(25)23-15-7-5-14(21)6-8-15/h1-11H,(H,23,25)(H,24,26). The summed E-state index contributed by atoms with van der Waals surface area (Å²) in [6.07, 6.45) is 2.69. The van der Waals surface area contributed by atoms with Crippen LogP contribution in [0, 0.1) is 5.82 Å². The third kappa shape index (κ3) is 4.23. The first kappa shape index (κ1) is 17.6. The summed E-state index contributed by atoms with van der Waals surface area (Å²) < 4.78 is 12.9. The van der Waals surface area contributed by atoms with Crippen molar-refractivity contribution in [2.24, 2.45) is 0 Å². The van der Waals surface area contributed by atoms with Gasteiger partial charge in [0.15, 0.2) is 0 Å². The minimum atomic E-state index is -0.462. The molecule has 26 heavy (non-hydrogen) atoms. The van der Waals surface area contributed by atoms with E-state index >= 15 is 0 Å². The molecule has 1 heterocycles. The Bertz CT molecular complexity index is 961. The Kier molecular flexibility index (Phi) is 5.24. The molecule has 0 spiro atoms. The van der Waals surface area contributed by atoms with E-state index in [2.05, 4.69) is 15.6 Å². The highest BCUT2D eigenvalue weighted by Gasteiger charge is 2.13. The molecule has 0 aliphatic rings. The molecular formula is C19H13ClFN3O2. The fourth-order valence-corrected chi connectivity index (χ4v) is 2.36. The summed E-state index contributed by atoms with van der Waals surface area (Å²) >= 11 is 6.02. The van der Waals surface area contributed by atoms with Crippen LogP contribution < -0.4 is 10.6 Å². The second kappa shape index (κ2) is 7.76. The Morgan fingerprint density at radius 3 is 2.15 bits per heavy atom. The molecule has 0 unspecified atom stereocenters. The lowest BCUT2D eigenvalue weighted by Crippen LogP contribution is -2.16. The van der Waals surface area contributed by atoms with Crippen LogP contribution in [-0.2, 0) is 0 Å². The van der Waals surface area contributed by atoms with Gasteiger partial charge in [-0.05, 0) is 42.5 Å². The third-order valence-electron chi connectivity index (χ3n) is 3.49. The molecule has 5 nitrogen and oxygen atoms in total. The molecule has 0 radical (unpaired) electrons. The van der Waals surface area contributed by atoms with Gasteiger partial charge in [0.05, 0.1) is 21.8 Å². The molecule has 0 atom stereocenters. The number of pyridine rings is 1. The molecule has 7 heteroatoms. The van der Waals surface area contributed by atoms with Crippen LogP contribution in [0.5, 0.6) is 0 Å². The van der Waals surface area contributed by atoms with Gasteiger partial charge in [-0.15, -0.1) is 0 Å². The van der Waals surface area contributed by atoms with E-state index in [-0.39, 0.29) is 11.1 Å². The van der Waals surface area contributed by atoms with E-state index in [1.54, 1.807) is 24.3 Å². The third-order valence-corrected chi connectivity index (χ3v) is 3.82. The quantitative estimate of drug-likeness (QED) is 0.717. The molecular weight excluding hydrogens is 357 g/mol. The summed E-state index contributed by atoms with van der Waals surface area (Å²) in [5.74, 6) is -1.30. The van der Waals surface area contributed by atoms with Crippen molar-refractivity contribution in [3.05, 3.63) is 89.0 Å². The second-order valence-electron chi connectivity index (χ2n) is 5.36. The predicted molar refractivity (Wildman–Crippen MR) is 98.0 cm³/mol. The lowest BCUT2D eigenvalue weighted by atomic mass is 10.1. The molecule has 1 aromatic heterocycles. The van der Waals surface area contributed by atoms with Crippen LogP contribution in [0.1, 0.15) is 20.7 Å². The molecule has 3 aromatic rings. The summed E-state index contributed by atoms with van der Waals surface area (Å²) in [6, 6.07) is 13.6. The molecule has 0 bridgehead atoms. The van der Waals surface area contributed by atoms with Gasteiger partial charge in [-0.25, -0.2) is 4.39 Å². The molecule has 0 aliphatic heterocycles. The zero-order chi connectivity index (χ0) is 18.5. The van der Waals surface area contributed by atoms with E-state index in [1.807, 2.05) is 0 Å². The fourth-order valence-electron chi connectivity index (χ4n) is 2.18. The number of amides is 2.